The quantitative estimate of drug-likeness (QED) is 0.222. The van der Waals surface area contributed by atoms with Crippen molar-refractivity contribution in [3.8, 4) is 11.1 Å². The van der Waals surface area contributed by atoms with Gasteiger partial charge in [-0.3, -0.25) is 9.36 Å². The Morgan fingerprint density at radius 3 is 2.03 bits per heavy atom. The van der Waals surface area contributed by atoms with Crippen LogP contribution in [0.3, 0.4) is 0 Å². The molecule has 206 valence electrons. The molecule has 0 fully saturated rings. The molecule has 2 unspecified atom stereocenters. The van der Waals surface area contributed by atoms with Crippen LogP contribution in [0.15, 0.2) is 78.9 Å². The largest absolute Gasteiger partial charge is 0.460 e. The van der Waals surface area contributed by atoms with Gasteiger partial charge in [-0.2, -0.15) is 0 Å². The van der Waals surface area contributed by atoms with Crippen LogP contribution in [0.4, 0.5) is 4.79 Å². The number of carbonyl (C=O) groups excluding carboxylic acids is 2. The van der Waals surface area contributed by atoms with E-state index in [0.29, 0.717) is 0 Å². The van der Waals surface area contributed by atoms with Gasteiger partial charge >= 0.3 is 12.1 Å². The summed E-state index contributed by atoms with van der Waals surface area (Å²) in [5, 5.41) is 2.80. The highest BCUT2D eigenvalue weighted by molar-refractivity contribution is 7.59. The predicted molar refractivity (Wildman–Crippen MR) is 152 cm³/mol. The lowest BCUT2D eigenvalue weighted by Gasteiger charge is -2.28. The van der Waals surface area contributed by atoms with Gasteiger partial charge in [0.05, 0.1) is 6.42 Å². The van der Waals surface area contributed by atoms with Gasteiger partial charge in [-0.05, 0) is 48.6 Å². The van der Waals surface area contributed by atoms with Gasteiger partial charge in [0.25, 0.3) is 0 Å². The van der Waals surface area contributed by atoms with Crippen molar-refractivity contribution in [2.45, 2.75) is 50.9 Å². The zero-order valence-electron chi connectivity index (χ0n) is 22.9. The Morgan fingerprint density at radius 1 is 0.897 bits per heavy atom. The maximum absolute atomic E-state index is 14.0. The van der Waals surface area contributed by atoms with Gasteiger partial charge in [0.2, 0.25) is 7.37 Å². The van der Waals surface area contributed by atoms with Crippen molar-refractivity contribution in [1.29, 1.82) is 0 Å². The van der Waals surface area contributed by atoms with Gasteiger partial charge < -0.3 is 19.3 Å². The molecular formula is C31H36NO6P. The summed E-state index contributed by atoms with van der Waals surface area (Å²) in [6.07, 6.45) is -0.600. The monoisotopic (exact) mass is 549 g/mol. The first-order valence-corrected chi connectivity index (χ1v) is 15.0. The number of amides is 1. The molecule has 3 aromatic rings. The molecule has 2 atom stereocenters. The number of ether oxygens (including phenoxy) is 2. The zero-order valence-corrected chi connectivity index (χ0v) is 23.8. The molecule has 8 heteroatoms. The molecule has 0 saturated carbocycles. The molecule has 1 aliphatic carbocycles. The second-order valence-electron chi connectivity index (χ2n) is 10.6. The molecule has 1 amide bonds. The van der Waals surface area contributed by atoms with Crippen molar-refractivity contribution in [3.63, 3.8) is 0 Å². The van der Waals surface area contributed by atoms with Crippen molar-refractivity contribution in [1.82, 2.24) is 5.32 Å². The van der Waals surface area contributed by atoms with E-state index in [1.54, 1.807) is 20.8 Å². The Kier molecular flexibility index (Phi) is 8.94. The lowest BCUT2D eigenvalue weighted by molar-refractivity contribution is -0.154. The number of benzene rings is 3. The van der Waals surface area contributed by atoms with E-state index in [-0.39, 0.29) is 31.5 Å². The molecule has 0 aliphatic heterocycles. The topological polar surface area (TPSA) is 90.9 Å². The molecule has 7 nitrogen and oxygen atoms in total. The summed E-state index contributed by atoms with van der Waals surface area (Å²) < 4.78 is 30.6. The van der Waals surface area contributed by atoms with E-state index >= 15 is 0 Å². The summed E-state index contributed by atoms with van der Waals surface area (Å²) in [5.41, 5.74) is 4.69. The lowest BCUT2D eigenvalue weighted by atomic mass is 9.98. The van der Waals surface area contributed by atoms with Crippen LogP contribution < -0.4 is 5.32 Å². The smallest absolute Gasteiger partial charge is 0.407 e. The highest BCUT2D eigenvalue weighted by Gasteiger charge is 2.37. The van der Waals surface area contributed by atoms with E-state index in [0.717, 1.165) is 27.8 Å². The summed E-state index contributed by atoms with van der Waals surface area (Å²) >= 11 is 0. The van der Waals surface area contributed by atoms with Crippen LogP contribution in [0.25, 0.3) is 11.1 Å². The third kappa shape index (κ3) is 7.17. The van der Waals surface area contributed by atoms with Crippen LogP contribution in [0.2, 0.25) is 0 Å². The number of hydrogen-bond donors (Lipinski definition) is 1. The Hall–Kier alpha value is -3.41. The summed E-state index contributed by atoms with van der Waals surface area (Å²) in [4.78, 5) is 25.5. The minimum Gasteiger partial charge on any atom is -0.460 e. The average molecular weight is 550 g/mol. The summed E-state index contributed by atoms with van der Waals surface area (Å²) in [5.74, 6) is -1.46. The maximum Gasteiger partial charge on any atom is 0.407 e. The summed E-state index contributed by atoms with van der Waals surface area (Å²) in [6, 6.07) is 25.6. The first-order chi connectivity index (χ1) is 18.6. The molecule has 3 aromatic carbocycles. The van der Waals surface area contributed by atoms with Gasteiger partial charge in [-0.25, -0.2) is 4.79 Å². The molecule has 0 radical (unpaired) electrons. The third-order valence-corrected chi connectivity index (χ3v) is 9.46. The molecule has 0 aromatic heterocycles. The van der Waals surface area contributed by atoms with Crippen LogP contribution >= 0.6 is 7.37 Å². The Bertz CT molecular complexity index is 1300. The van der Waals surface area contributed by atoms with Crippen LogP contribution in [0, 0.1) is 0 Å². The number of hydrogen-bond acceptors (Lipinski definition) is 6. The Balaban J connectivity index is 1.48. The van der Waals surface area contributed by atoms with Crippen molar-refractivity contribution in [2.24, 2.45) is 0 Å². The van der Waals surface area contributed by atoms with Crippen LogP contribution in [-0.2, 0) is 29.8 Å². The van der Waals surface area contributed by atoms with Crippen molar-refractivity contribution in [2.75, 3.05) is 19.9 Å². The fraction of sp³-hybridized carbons (Fsp3) is 0.355. The molecule has 0 heterocycles. The Labute approximate surface area is 230 Å². The zero-order chi connectivity index (χ0) is 28.0. The van der Waals surface area contributed by atoms with E-state index in [9.17, 15) is 14.2 Å². The first kappa shape index (κ1) is 28.6. The second-order valence-corrected chi connectivity index (χ2v) is 13.5. The minimum absolute atomic E-state index is 0.0699. The van der Waals surface area contributed by atoms with Gasteiger partial charge in [-0.15, -0.1) is 0 Å². The summed E-state index contributed by atoms with van der Waals surface area (Å²) in [6.45, 7) is 5.46. The first-order valence-electron chi connectivity index (χ1n) is 13.1. The number of rotatable bonds is 10. The van der Waals surface area contributed by atoms with E-state index < -0.39 is 30.8 Å². The second kappa shape index (κ2) is 12.2. The number of fused-ring (bicyclic) bond motifs is 3. The highest BCUT2D eigenvalue weighted by atomic mass is 31.2. The molecule has 1 aliphatic rings. The fourth-order valence-electron chi connectivity index (χ4n) is 4.92. The predicted octanol–water partition coefficient (Wildman–Crippen LogP) is 6.75. The normalized spacial score (nSPS) is 15.0. The van der Waals surface area contributed by atoms with Gasteiger partial charge in [-0.1, -0.05) is 78.9 Å². The van der Waals surface area contributed by atoms with E-state index in [1.165, 1.54) is 7.11 Å². The SMILES string of the molecule is COP(=O)(CCC(=O)OC(C)(C)C)C(Cc1ccccc1)NC(=O)OCC1c2ccccc2-c2ccccc21. The number of alkyl carbamates (subject to hydrolysis) is 1. The van der Waals surface area contributed by atoms with Gasteiger partial charge in [0.1, 0.15) is 18.0 Å². The number of nitrogens with one attached hydrogen (secondary N) is 1. The molecule has 1 N–H and O–H groups in total. The molecule has 0 bridgehead atoms. The van der Waals surface area contributed by atoms with Crippen molar-refractivity contribution < 1.29 is 28.2 Å². The number of carbonyl (C=O) groups is 2. The summed E-state index contributed by atoms with van der Waals surface area (Å²) in [7, 11) is -2.18. The molecule has 4 rings (SSSR count). The van der Waals surface area contributed by atoms with Crippen LogP contribution in [0.5, 0.6) is 0 Å². The minimum atomic E-state index is -3.52. The van der Waals surface area contributed by atoms with Crippen molar-refractivity contribution in [3.05, 3.63) is 95.6 Å². The van der Waals surface area contributed by atoms with Crippen molar-refractivity contribution >= 4 is 19.4 Å². The van der Waals surface area contributed by atoms with E-state index in [1.807, 2.05) is 54.6 Å². The standard InChI is InChI=1S/C31H36NO6P/c1-31(2,3)38-29(33)18-19-39(35,36-4)28(20-22-12-6-5-7-13-22)32-30(34)37-21-27-25-16-10-8-14-23(25)24-15-9-11-17-26(24)27/h5-17,27-28H,18-21H2,1-4H3,(H,32,34). The van der Waals surface area contributed by atoms with Crippen LogP contribution in [0.1, 0.15) is 49.8 Å². The van der Waals surface area contributed by atoms with Gasteiger partial charge in [0, 0.05) is 25.6 Å². The average Bonchev–Trinajstić information content (AvgIpc) is 3.23. The van der Waals surface area contributed by atoms with E-state index in [2.05, 4.69) is 29.6 Å². The molecule has 39 heavy (non-hydrogen) atoms. The van der Waals surface area contributed by atoms with Gasteiger partial charge in [0.15, 0.2) is 0 Å². The maximum atomic E-state index is 14.0. The molecule has 0 saturated heterocycles. The number of esters is 1. The Morgan fingerprint density at radius 2 is 1.46 bits per heavy atom. The highest BCUT2D eigenvalue weighted by Crippen LogP contribution is 2.52. The molecular weight excluding hydrogens is 513 g/mol. The molecule has 0 spiro atoms. The van der Waals surface area contributed by atoms with E-state index in [4.69, 9.17) is 14.0 Å². The lowest BCUT2D eigenvalue weighted by Crippen LogP contribution is -2.38. The fourth-order valence-corrected chi connectivity index (χ4v) is 6.95. The third-order valence-electron chi connectivity index (χ3n) is 6.73. The van der Waals surface area contributed by atoms with Crippen LogP contribution in [-0.4, -0.2) is 43.3 Å².